The van der Waals surface area contributed by atoms with Crippen LogP contribution in [0.1, 0.15) is 25.5 Å². The molecule has 6 nitrogen and oxygen atoms in total. The molecule has 0 amide bonds. The number of fused-ring (bicyclic) bond motifs is 2. The van der Waals surface area contributed by atoms with Crippen molar-refractivity contribution in [1.82, 2.24) is 15.1 Å². The molecule has 5 unspecified atom stereocenters. The zero-order valence-electron chi connectivity index (χ0n) is 12.2. The molecule has 3 rings (SSSR count). The summed E-state index contributed by atoms with van der Waals surface area (Å²) in [5.41, 5.74) is 1.06. The quantitative estimate of drug-likeness (QED) is 0.839. The second-order valence-electron chi connectivity index (χ2n) is 6.18. The van der Waals surface area contributed by atoms with Gasteiger partial charge in [-0.2, -0.15) is 5.10 Å². The lowest BCUT2D eigenvalue weighted by Gasteiger charge is -2.39. The minimum absolute atomic E-state index is 0.0818. The average molecular weight is 281 g/mol. The van der Waals surface area contributed by atoms with Gasteiger partial charge in [0, 0.05) is 6.20 Å². The predicted octanol–water partition coefficient (Wildman–Crippen LogP) is 0.463. The van der Waals surface area contributed by atoms with Crippen molar-refractivity contribution in [1.29, 1.82) is 0 Å². The highest BCUT2D eigenvalue weighted by Crippen LogP contribution is 2.35. The van der Waals surface area contributed by atoms with Gasteiger partial charge in [-0.25, -0.2) is 0 Å². The van der Waals surface area contributed by atoms with Crippen LogP contribution in [0.2, 0.25) is 0 Å². The Balaban J connectivity index is 1.80. The van der Waals surface area contributed by atoms with Crippen molar-refractivity contribution in [3.05, 3.63) is 18.0 Å². The first kappa shape index (κ1) is 14.0. The summed E-state index contributed by atoms with van der Waals surface area (Å²) in [6, 6.07) is -0.419. The van der Waals surface area contributed by atoms with Crippen molar-refractivity contribution in [2.24, 2.45) is 5.92 Å². The van der Waals surface area contributed by atoms with E-state index in [0.717, 1.165) is 12.1 Å². The number of hydrogen-bond acceptors (Lipinski definition) is 5. The number of aliphatic hydroxyl groups is 1. The zero-order valence-corrected chi connectivity index (χ0v) is 12.2. The van der Waals surface area contributed by atoms with Crippen LogP contribution < -0.4 is 5.32 Å². The highest BCUT2D eigenvalue weighted by molar-refractivity contribution is 5.05. The lowest BCUT2D eigenvalue weighted by Crippen LogP contribution is -2.58. The number of ether oxygens (including phenoxy) is 2. The Morgan fingerprint density at radius 1 is 1.55 bits per heavy atom. The molecule has 20 heavy (non-hydrogen) atoms. The summed E-state index contributed by atoms with van der Waals surface area (Å²) in [6.45, 7) is 7.63. The van der Waals surface area contributed by atoms with Crippen LogP contribution in [0.3, 0.4) is 0 Å². The normalized spacial score (nSPS) is 36.8. The highest BCUT2D eigenvalue weighted by Gasteiger charge is 2.51. The number of nitrogens with zero attached hydrogens (tertiary/aromatic N) is 2. The first-order chi connectivity index (χ1) is 9.56. The van der Waals surface area contributed by atoms with Crippen LogP contribution in [-0.4, -0.2) is 52.6 Å². The maximum absolute atomic E-state index is 10.7. The van der Waals surface area contributed by atoms with Gasteiger partial charge in [0.05, 0.1) is 24.9 Å². The molecule has 2 aliphatic heterocycles. The molecule has 2 saturated heterocycles. The number of rotatable bonds is 4. The van der Waals surface area contributed by atoms with Crippen LogP contribution in [0.15, 0.2) is 12.4 Å². The molecule has 3 heterocycles. The number of hydrogen-bond donors (Lipinski definition) is 2. The maximum atomic E-state index is 10.7. The van der Waals surface area contributed by atoms with Gasteiger partial charge in [-0.3, -0.25) is 4.68 Å². The van der Waals surface area contributed by atoms with E-state index >= 15 is 0 Å². The Kier molecular flexibility index (Phi) is 3.81. The van der Waals surface area contributed by atoms with Gasteiger partial charge in [0.2, 0.25) is 0 Å². The van der Waals surface area contributed by atoms with Crippen molar-refractivity contribution >= 4 is 0 Å². The highest BCUT2D eigenvalue weighted by atomic mass is 16.7. The van der Waals surface area contributed by atoms with Crippen LogP contribution in [-0.2, 0) is 9.47 Å². The first-order valence-corrected chi connectivity index (χ1v) is 7.25. The molecule has 2 bridgehead atoms. The average Bonchev–Trinajstić information content (AvgIpc) is 2.98. The Morgan fingerprint density at radius 2 is 2.35 bits per heavy atom. The van der Waals surface area contributed by atoms with Gasteiger partial charge >= 0.3 is 0 Å². The van der Waals surface area contributed by atoms with Crippen LogP contribution >= 0.6 is 0 Å². The van der Waals surface area contributed by atoms with Gasteiger partial charge in [0.1, 0.15) is 12.1 Å². The van der Waals surface area contributed by atoms with Crippen LogP contribution in [0, 0.1) is 12.8 Å². The third-order valence-corrected chi connectivity index (χ3v) is 3.93. The summed E-state index contributed by atoms with van der Waals surface area (Å²) in [5, 5.41) is 18.4. The molecule has 0 radical (unpaired) electrons. The lowest BCUT2D eigenvalue weighted by molar-refractivity contribution is -0.168. The fourth-order valence-corrected chi connectivity index (χ4v) is 2.90. The van der Waals surface area contributed by atoms with Crippen molar-refractivity contribution in [2.75, 3.05) is 13.2 Å². The van der Waals surface area contributed by atoms with E-state index in [1.54, 1.807) is 10.9 Å². The van der Waals surface area contributed by atoms with Gasteiger partial charge in [0.15, 0.2) is 6.29 Å². The Morgan fingerprint density at radius 3 is 3.00 bits per heavy atom. The van der Waals surface area contributed by atoms with Gasteiger partial charge in [-0.1, -0.05) is 13.8 Å². The smallest absolute Gasteiger partial charge is 0.183 e. The maximum Gasteiger partial charge on any atom is 0.183 e. The summed E-state index contributed by atoms with van der Waals surface area (Å²) in [7, 11) is 0. The van der Waals surface area contributed by atoms with E-state index in [-0.39, 0.29) is 18.2 Å². The van der Waals surface area contributed by atoms with Gasteiger partial charge in [0.25, 0.3) is 0 Å². The first-order valence-electron chi connectivity index (χ1n) is 7.25. The minimum Gasteiger partial charge on any atom is -0.389 e. The molecule has 2 aliphatic rings. The van der Waals surface area contributed by atoms with Crippen molar-refractivity contribution < 1.29 is 14.6 Å². The number of aromatic nitrogens is 2. The third kappa shape index (κ3) is 2.48. The zero-order chi connectivity index (χ0) is 14.3. The van der Waals surface area contributed by atoms with Crippen LogP contribution in [0.5, 0.6) is 0 Å². The molecular weight excluding hydrogens is 258 g/mol. The lowest BCUT2D eigenvalue weighted by atomic mass is 9.95. The molecular formula is C14H23N3O3. The van der Waals surface area contributed by atoms with Crippen molar-refractivity contribution in [3.8, 4) is 0 Å². The number of aryl methyl sites for hydroxylation is 1. The summed E-state index contributed by atoms with van der Waals surface area (Å²) in [4.78, 5) is 0. The van der Waals surface area contributed by atoms with E-state index in [1.807, 2.05) is 13.1 Å². The molecule has 0 spiro atoms. The van der Waals surface area contributed by atoms with Crippen molar-refractivity contribution in [2.45, 2.75) is 51.4 Å². The van der Waals surface area contributed by atoms with Gasteiger partial charge in [-0.05, 0) is 24.9 Å². The summed E-state index contributed by atoms with van der Waals surface area (Å²) in [5.74, 6) is 0.521. The predicted molar refractivity (Wildman–Crippen MR) is 73.2 cm³/mol. The SMILES string of the molecule is Cc1cnn(C2C3OCC(O3)C(NCC(C)C)C2O)c1. The van der Waals surface area contributed by atoms with Gasteiger partial charge < -0.3 is 19.9 Å². The minimum atomic E-state index is -0.570. The fourth-order valence-electron chi connectivity index (χ4n) is 2.90. The summed E-state index contributed by atoms with van der Waals surface area (Å²) in [6.07, 6.45) is 2.63. The monoisotopic (exact) mass is 281 g/mol. The number of nitrogens with one attached hydrogen (secondary N) is 1. The molecule has 1 aromatic heterocycles. The van der Waals surface area contributed by atoms with E-state index in [9.17, 15) is 5.11 Å². The number of aliphatic hydroxyl groups excluding tert-OH is 1. The molecule has 5 atom stereocenters. The standard InChI is InChI=1S/C14H23N3O3/c1-8(2)4-15-11-10-7-19-14(20-10)12(13(11)18)17-6-9(3)5-16-17/h5-6,8,10-15,18H,4,7H2,1-3H3. The molecule has 0 aliphatic carbocycles. The van der Waals surface area contributed by atoms with Gasteiger partial charge in [-0.15, -0.1) is 0 Å². The fraction of sp³-hybridized carbons (Fsp3) is 0.786. The summed E-state index contributed by atoms with van der Waals surface area (Å²) < 4.78 is 13.3. The van der Waals surface area contributed by atoms with E-state index in [1.165, 1.54) is 0 Å². The third-order valence-electron chi connectivity index (χ3n) is 3.93. The second-order valence-corrected chi connectivity index (χ2v) is 6.18. The van der Waals surface area contributed by atoms with Crippen molar-refractivity contribution in [3.63, 3.8) is 0 Å². The topological polar surface area (TPSA) is 68.5 Å². The Bertz CT molecular complexity index is 462. The van der Waals surface area contributed by atoms with E-state index in [2.05, 4.69) is 24.3 Å². The van der Waals surface area contributed by atoms with E-state index in [4.69, 9.17) is 9.47 Å². The summed E-state index contributed by atoms with van der Waals surface area (Å²) >= 11 is 0. The van der Waals surface area contributed by atoms with E-state index in [0.29, 0.717) is 12.5 Å². The van der Waals surface area contributed by atoms with Crippen LogP contribution in [0.4, 0.5) is 0 Å². The molecule has 1 aromatic rings. The van der Waals surface area contributed by atoms with E-state index < -0.39 is 12.4 Å². The molecule has 0 saturated carbocycles. The molecule has 2 fully saturated rings. The molecule has 112 valence electrons. The second kappa shape index (κ2) is 5.44. The molecule has 6 heteroatoms. The Labute approximate surface area is 119 Å². The molecule has 2 N–H and O–H groups in total. The largest absolute Gasteiger partial charge is 0.389 e. The Hall–Kier alpha value is -0.950. The van der Waals surface area contributed by atoms with Crippen LogP contribution in [0.25, 0.3) is 0 Å². The molecule has 0 aromatic carbocycles.